The van der Waals surface area contributed by atoms with E-state index < -0.39 is 0 Å². The van der Waals surface area contributed by atoms with Gasteiger partial charge in [-0.1, -0.05) is 42.5 Å². The molecule has 0 unspecified atom stereocenters. The summed E-state index contributed by atoms with van der Waals surface area (Å²) in [5, 5.41) is 0.538. The Bertz CT molecular complexity index is 788. The van der Waals surface area contributed by atoms with Crippen LogP contribution >= 0.6 is 0 Å². The number of para-hydroxylation sites is 1. The number of rotatable bonds is 3. The molecular weight excluding hydrogens is 252 g/mol. The molecule has 3 nitrogen and oxygen atoms in total. The summed E-state index contributed by atoms with van der Waals surface area (Å²) in [4.78, 5) is 12.5. The summed E-state index contributed by atoms with van der Waals surface area (Å²) in [5.41, 5.74) is 1.27. The summed E-state index contributed by atoms with van der Waals surface area (Å²) in [6, 6.07) is 16.7. The van der Waals surface area contributed by atoms with Crippen LogP contribution in [0.3, 0.4) is 0 Å². The van der Waals surface area contributed by atoms with Crippen LogP contribution in [0.2, 0.25) is 0 Å². The molecule has 0 atom stereocenters. The molecule has 0 bridgehead atoms. The van der Waals surface area contributed by atoms with Gasteiger partial charge in [0.15, 0.2) is 5.76 Å². The van der Waals surface area contributed by atoms with Gasteiger partial charge in [-0.15, -0.1) is 0 Å². The largest absolute Gasteiger partial charge is 0.487 e. The first-order chi connectivity index (χ1) is 9.81. The standard InChI is InChI=1S/C17H14O3/c1-2-19-17-15(18)13-10-6-7-11-14(13)20-16(17)12-8-4-3-5-9-12/h3-11H,2H2,1H3. The molecule has 0 fully saturated rings. The average molecular weight is 266 g/mol. The molecule has 3 aromatic rings. The minimum absolute atomic E-state index is 0.132. The Labute approximate surface area is 116 Å². The van der Waals surface area contributed by atoms with Crippen molar-refractivity contribution in [3.63, 3.8) is 0 Å². The van der Waals surface area contributed by atoms with Crippen LogP contribution in [0, 0.1) is 0 Å². The SMILES string of the molecule is CCOc1c(-c2ccccc2)oc2ccccc2c1=O. The van der Waals surface area contributed by atoms with Crippen LogP contribution < -0.4 is 10.2 Å². The minimum atomic E-state index is -0.132. The van der Waals surface area contributed by atoms with Gasteiger partial charge in [0.1, 0.15) is 5.58 Å². The second kappa shape index (κ2) is 5.21. The van der Waals surface area contributed by atoms with Crippen LogP contribution in [0.1, 0.15) is 6.92 Å². The number of benzene rings is 2. The molecular formula is C17H14O3. The van der Waals surface area contributed by atoms with Gasteiger partial charge in [-0.05, 0) is 19.1 Å². The molecule has 2 aromatic carbocycles. The van der Waals surface area contributed by atoms with Crippen molar-refractivity contribution < 1.29 is 9.15 Å². The van der Waals surface area contributed by atoms with E-state index in [1.54, 1.807) is 12.1 Å². The topological polar surface area (TPSA) is 39.4 Å². The highest BCUT2D eigenvalue weighted by Gasteiger charge is 2.16. The third-order valence-electron chi connectivity index (χ3n) is 3.08. The fraction of sp³-hybridized carbons (Fsp3) is 0.118. The zero-order valence-corrected chi connectivity index (χ0v) is 11.1. The third-order valence-corrected chi connectivity index (χ3v) is 3.08. The van der Waals surface area contributed by atoms with Gasteiger partial charge in [0.25, 0.3) is 0 Å². The molecule has 0 aliphatic carbocycles. The first-order valence-corrected chi connectivity index (χ1v) is 6.55. The predicted molar refractivity (Wildman–Crippen MR) is 79.1 cm³/mol. The van der Waals surface area contributed by atoms with Crippen molar-refractivity contribution in [2.24, 2.45) is 0 Å². The molecule has 0 aliphatic rings. The van der Waals surface area contributed by atoms with Crippen molar-refractivity contribution in [1.29, 1.82) is 0 Å². The Morgan fingerprint density at radius 1 is 1.00 bits per heavy atom. The van der Waals surface area contributed by atoms with Gasteiger partial charge in [-0.2, -0.15) is 0 Å². The monoisotopic (exact) mass is 266 g/mol. The van der Waals surface area contributed by atoms with Crippen molar-refractivity contribution >= 4 is 11.0 Å². The number of hydrogen-bond donors (Lipinski definition) is 0. The average Bonchev–Trinajstić information content (AvgIpc) is 2.51. The van der Waals surface area contributed by atoms with Crippen molar-refractivity contribution in [1.82, 2.24) is 0 Å². The maximum absolute atomic E-state index is 12.5. The number of fused-ring (bicyclic) bond motifs is 1. The zero-order valence-electron chi connectivity index (χ0n) is 11.1. The molecule has 20 heavy (non-hydrogen) atoms. The summed E-state index contributed by atoms with van der Waals surface area (Å²) in [6.07, 6.45) is 0. The van der Waals surface area contributed by atoms with E-state index in [0.29, 0.717) is 23.3 Å². The van der Waals surface area contributed by atoms with Gasteiger partial charge in [0.2, 0.25) is 11.2 Å². The molecule has 0 saturated carbocycles. The van der Waals surface area contributed by atoms with Crippen molar-refractivity contribution in [2.75, 3.05) is 6.61 Å². The Morgan fingerprint density at radius 2 is 1.70 bits per heavy atom. The summed E-state index contributed by atoms with van der Waals surface area (Å²) in [7, 11) is 0. The van der Waals surface area contributed by atoms with Gasteiger partial charge in [-0.25, -0.2) is 0 Å². The van der Waals surface area contributed by atoms with Crippen LogP contribution in [0.5, 0.6) is 5.75 Å². The van der Waals surface area contributed by atoms with Crippen LogP contribution in [-0.4, -0.2) is 6.61 Å². The fourth-order valence-corrected chi connectivity index (χ4v) is 2.18. The Kier molecular flexibility index (Phi) is 3.25. The molecule has 100 valence electrons. The molecule has 0 spiro atoms. The van der Waals surface area contributed by atoms with Crippen LogP contribution in [-0.2, 0) is 0 Å². The van der Waals surface area contributed by atoms with E-state index in [9.17, 15) is 4.79 Å². The van der Waals surface area contributed by atoms with Crippen LogP contribution in [0.15, 0.2) is 63.8 Å². The second-order valence-corrected chi connectivity index (χ2v) is 4.38. The minimum Gasteiger partial charge on any atom is -0.487 e. The number of ether oxygens (including phenoxy) is 1. The lowest BCUT2D eigenvalue weighted by Gasteiger charge is -2.10. The molecule has 1 heterocycles. The summed E-state index contributed by atoms with van der Waals surface area (Å²) in [5.74, 6) is 0.758. The lowest BCUT2D eigenvalue weighted by atomic mass is 10.1. The quantitative estimate of drug-likeness (QED) is 0.722. The highest BCUT2D eigenvalue weighted by Crippen LogP contribution is 2.30. The van der Waals surface area contributed by atoms with Gasteiger partial charge in [-0.3, -0.25) is 4.79 Å². The molecule has 3 heteroatoms. The lowest BCUT2D eigenvalue weighted by Crippen LogP contribution is -2.09. The summed E-state index contributed by atoms with van der Waals surface area (Å²) < 4.78 is 11.4. The molecule has 0 aliphatic heterocycles. The maximum Gasteiger partial charge on any atom is 0.235 e. The first kappa shape index (κ1) is 12.5. The van der Waals surface area contributed by atoms with E-state index in [1.165, 1.54) is 0 Å². The predicted octanol–water partition coefficient (Wildman–Crippen LogP) is 3.86. The van der Waals surface area contributed by atoms with E-state index in [-0.39, 0.29) is 11.2 Å². The molecule has 0 N–H and O–H groups in total. The molecule has 3 rings (SSSR count). The second-order valence-electron chi connectivity index (χ2n) is 4.38. The van der Waals surface area contributed by atoms with Crippen molar-refractivity contribution in [3.8, 4) is 17.1 Å². The zero-order chi connectivity index (χ0) is 13.9. The van der Waals surface area contributed by atoms with Gasteiger partial charge in [0.05, 0.1) is 12.0 Å². The van der Waals surface area contributed by atoms with Crippen molar-refractivity contribution in [3.05, 3.63) is 64.8 Å². The number of hydrogen-bond acceptors (Lipinski definition) is 3. The van der Waals surface area contributed by atoms with Gasteiger partial charge >= 0.3 is 0 Å². The van der Waals surface area contributed by atoms with Gasteiger partial charge in [0, 0.05) is 5.56 Å². The van der Waals surface area contributed by atoms with E-state index in [2.05, 4.69) is 0 Å². The maximum atomic E-state index is 12.5. The van der Waals surface area contributed by atoms with E-state index in [4.69, 9.17) is 9.15 Å². The normalized spacial score (nSPS) is 10.7. The Hall–Kier alpha value is -2.55. The Balaban J connectivity index is 2.35. The molecule has 0 saturated heterocycles. The van der Waals surface area contributed by atoms with E-state index >= 15 is 0 Å². The highest BCUT2D eigenvalue weighted by atomic mass is 16.5. The smallest absolute Gasteiger partial charge is 0.235 e. The van der Waals surface area contributed by atoms with E-state index in [1.807, 2.05) is 49.4 Å². The Morgan fingerprint density at radius 3 is 2.45 bits per heavy atom. The molecule has 1 aromatic heterocycles. The van der Waals surface area contributed by atoms with Crippen LogP contribution in [0.25, 0.3) is 22.3 Å². The summed E-state index contributed by atoms with van der Waals surface area (Å²) in [6.45, 7) is 2.27. The fourth-order valence-electron chi connectivity index (χ4n) is 2.18. The third kappa shape index (κ3) is 2.07. The van der Waals surface area contributed by atoms with E-state index in [0.717, 1.165) is 5.56 Å². The lowest BCUT2D eigenvalue weighted by molar-refractivity contribution is 0.330. The van der Waals surface area contributed by atoms with Gasteiger partial charge < -0.3 is 9.15 Å². The first-order valence-electron chi connectivity index (χ1n) is 6.55. The highest BCUT2D eigenvalue weighted by molar-refractivity contribution is 5.81. The molecule has 0 amide bonds. The molecule has 0 radical (unpaired) electrons. The van der Waals surface area contributed by atoms with Crippen molar-refractivity contribution in [2.45, 2.75) is 6.92 Å². The summed E-state index contributed by atoms with van der Waals surface area (Å²) >= 11 is 0. The van der Waals surface area contributed by atoms with Crippen LogP contribution in [0.4, 0.5) is 0 Å².